The van der Waals surface area contributed by atoms with Gasteiger partial charge in [-0.25, -0.2) is 4.79 Å². The maximum atomic E-state index is 12.4. The smallest absolute Gasteiger partial charge is 0.324 e. The number of carbonyl (C=O) groups excluding carboxylic acids is 3. The van der Waals surface area contributed by atoms with Gasteiger partial charge in [0.25, 0.3) is 11.8 Å². The van der Waals surface area contributed by atoms with Crippen molar-refractivity contribution in [2.75, 3.05) is 0 Å². The fourth-order valence-corrected chi connectivity index (χ4v) is 2.65. The van der Waals surface area contributed by atoms with Crippen LogP contribution in [0.1, 0.15) is 31.1 Å². The van der Waals surface area contributed by atoms with Gasteiger partial charge in [0.15, 0.2) is 0 Å². The molecule has 116 valence electrons. The highest BCUT2D eigenvalue weighted by Gasteiger charge is 2.39. The molecule has 0 atom stereocenters. The molecular weight excluding hydrogens is 308 g/mol. The van der Waals surface area contributed by atoms with Gasteiger partial charge in [0.1, 0.15) is 0 Å². The molecule has 1 aliphatic rings. The number of nitrogens with zero attached hydrogens (tertiary/aromatic N) is 2. The summed E-state index contributed by atoms with van der Waals surface area (Å²) in [4.78, 5) is 46.2. The van der Waals surface area contributed by atoms with Crippen molar-refractivity contribution < 1.29 is 19.2 Å². The van der Waals surface area contributed by atoms with E-state index in [-0.39, 0.29) is 16.7 Å². The van der Waals surface area contributed by atoms with E-state index < -0.39 is 17.8 Å². The van der Waals surface area contributed by atoms with Gasteiger partial charge >= 0.3 is 5.97 Å². The maximum absolute atomic E-state index is 12.4. The van der Waals surface area contributed by atoms with Crippen molar-refractivity contribution >= 4 is 28.7 Å². The van der Waals surface area contributed by atoms with Crippen LogP contribution in [0.2, 0.25) is 0 Å². The Kier molecular flexibility index (Phi) is 3.09. The number of pyridine rings is 1. The molecule has 2 heterocycles. The second kappa shape index (κ2) is 5.27. The van der Waals surface area contributed by atoms with Crippen molar-refractivity contribution in [2.24, 2.45) is 0 Å². The van der Waals surface area contributed by atoms with E-state index >= 15 is 0 Å². The SMILES string of the molecule is O=C(ON1C(=O)c2ccccc2C1=O)c1cccc2cccnc12. The van der Waals surface area contributed by atoms with Crippen LogP contribution in [-0.4, -0.2) is 27.8 Å². The minimum Gasteiger partial charge on any atom is -0.324 e. The lowest BCUT2D eigenvalue weighted by Crippen LogP contribution is -2.32. The van der Waals surface area contributed by atoms with Crippen molar-refractivity contribution in [3.05, 3.63) is 77.5 Å². The normalized spacial score (nSPS) is 13.2. The van der Waals surface area contributed by atoms with Crippen LogP contribution in [0, 0.1) is 0 Å². The lowest BCUT2D eigenvalue weighted by Gasteiger charge is -2.13. The Morgan fingerprint density at radius 2 is 1.54 bits per heavy atom. The second-order valence-corrected chi connectivity index (χ2v) is 5.21. The molecule has 4 rings (SSSR count). The first-order valence-electron chi connectivity index (χ1n) is 7.20. The quantitative estimate of drug-likeness (QED) is 0.679. The van der Waals surface area contributed by atoms with Crippen molar-refractivity contribution in [1.82, 2.24) is 10.0 Å². The monoisotopic (exact) mass is 318 g/mol. The molecule has 24 heavy (non-hydrogen) atoms. The van der Waals surface area contributed by atoms with E-state index in [1.807, 2.05) is 0 Å². The van der Waals surface area contributed by atoms with Crippen LogP contribution < -0.4 is 0 Å². The third kappa shape index (κ3) is 2.04. The molecule has 0 aliphatic carbocycles. The molecule has 0 fully saturated rings. The molecule has 2 aromatic carbocycles. The molecule has 0 radical (unpaired) electrons. The number of aromatic nitrogens is 1. The van der Waals surface area contributed by atoms with Gasteiger partial charge in [0, 0.05) is 11.6 Å². The number of hydroxylamine groups is 2. The van der Waals surface area contributed by atoms with Crippen LogP contribution in [0.4, 0.5) is 0 Å². The van der Waals surface area contributed by atoms with Gasteiger partial charge in [0.2, 0.25) is 0 Å². The van der Waals surface area contributed by atoms with Gasteiger partial charge in [-0.05, 0) is 24.3 Å². The summed E-state index contributed by atoms with van der Waals surface area (Å²) >= 11 is 0. The van der Waals surface area contributed by atoms with Gasteiger partial charge in [-0.15, -0.1) is 0 Å². The van der Waals surface area contributed by atoms with Gasteiger partial charge in [-0.3, -0.25) is 14.6 Å². The van der Waals surface area contributed by atoms with Crippen LogP contribution in [0.5, 0.6) is 0 Å². The summed E-state index contributed by atoms with van der Waals surface area (Å²) < 4.78 is 0. The lowest BCUT2D eigenvalue weighted by molar-refractivity contribution is -0.0583. The molecule has 6 nitrogen and oxygen atoms in total. The first-order valence-corrected chi connectivity index (χ1v) is 7.20. The maximum Gasteiger partial charge on any atom is 0.366 e. The van der Waals surface area contributed by atoms with Crippen molar-refractivity contribution in [1.29, 1.82) is 0 Å². The number of rotatable bonds is 2. The number of carbonyl (C=O) groups is 3. The van der Waals surface area contributed by atoms with Crippen LogP contribution in [0.25, 0.3) is 10.9 Å². The topological polar surface area (TPSA) is 76.6 Å². The molecule has 0 bridgehead atoms. The van der Waals surface area contributed by atoms with Gasteiger partial charge < -0.3 is 4.84 Å². The summed E-state index contributed by atoms with van der Waals surface area (Å²) in [6.45, 7) is 0. The van der Waals surface area contributed by atoms with Gasteiger partial charge in [-0.1, -0.05) is 35.4 Å². The van der Waals surface area contributed by atoms with Crippen molar-refractivity contribution in [3.63, 3.8) is 0 Å². The van der Waals surface area contributed by atoms with E-state index in [9.17, 15) is 14.4 Å². The molecular formula is C18H10N2O4. The standard InChI is InChI=1S/C18H10N2O4/c21-16-12-7-1-2-8-13(12)17(22)20(16)24-18(23)14-9-3-5-11-6-4-10-19-15(11)14/h1-10H. The molecule has 1 aliphatic heterocycles. The molecule has 0 spiro atoms. The predicted molar refractivity (Wildman–Crippen MR) is 84.1 cm³/mol. The largest absolute Gasteiger partial charge is 0.366 e. The second-order valence-electron chi connectivity index (χ2n) is 5.21. The summed E-state index contributed by atoms with van der Waals surface area (Å²) in [5.41, 5.74) is 1.06. The number of hydrogen-bond donors (Lipinski definition) is 0. The first kappa shape index (κ1) is 14.1. The number of amides is 2. The van der Waals surface area contributed by atoms with Gasteiger partial charge in [0.05, 0.1) is 22.2 Å². The van der Waals surface area contributed by atoms with Gasteiger partial charge in [-0.2, -0.15) is 0 Å². The molecule has 0 saturated heterocycles. The zero-order valence-corrected chi connectivity index (χ0v) is 12.3. The highest BCUT2D eigenvalue weighted by molar-refractivity contribution is 6.21. The molecule has 1 aromatic heterocycles. The number of benzene rings is 2. The molecule has 2 amide bonds. The van der Waals surface area contributed by atoms with Crippen molar-refractivity contribution in [2.45, 2.75) is 0 Å². The van der Waals surface area contributed by atoms with E-state index in [2.05, 4.69) is 4.98 Å². The number of hydrogen-bond acceptors (Lipinski definition) is 5. The highest BCUT2D eigenvalue weighted by Crippen LogP contribution is 2.24. The number of fused-ring (bicyclic) bond motifs is 2. The van der Waals surface area contributed by atoms with E-state index in [0.717, 1.165) is 5.39 Å². The average molecular weight is 318 g/mol. The number of para-hydroxylation sites is 1. The Bertz CT molecular complexity index is 972. The molecule has 3 aromatic rings. The zero-order chi connectivity index (χ0) is 16.7. The minimum atomic E-state index is -0.811. The fraction of sp³-hybridized carbons (Fsp3) is 0. The Balaban J connectivity index is 1.68. The summed E-state index contributed by atoms with van der Waals surface area (Å²) in [6.07, 6.45) is 1.56. The van der Waals surface area contributed by atoms with Crippen LogP contribution >= 0.6 is 0 Å². The van der Waals surface area contributed by atoms with Crippen LogP contribution in [0.15, 0.2) is 60.8 Å². The van der Waals surface area contributed by atoms with E-state index in [1.165, 1.54) is 18.2 Å². The van der Waals surface area contributed by atoms with E-state index in [1.54, 1.807) is 42.6 Å². The molecule has 0 saturated carbocycles. The number of imide groups is 1. The lowest BCUT2D eigenvalue weighted by atomic mass is 10.1. The predicted octanol–water partition coefficient (Wildman–Crippen LogP) is 2.60. The molecule has 6 heteroatoms. The molecule has 0 unspecified atom stereocenters. The third-order valence-corrected chi connectivity index (χ3v) is 3.78. The highest BCUT2D eigenvalue weighted by atomic mass is 16.7. The third-order valence-electron chi connectivity index (χ3n) is 3.78. The Hall–Kier alpha value is -3.54. The average Bonchev–Trinajstić information content (AvgIpc) is 2.86. The summed E-state index contributed by atoms with van der Waals surface area (Å²) in [5, 5.41) is 1.25. The van der Waals surface area contributed by atoms with E-state index in [4.69, 9.17) is 4.84 Å². The van der Waals surface area contributed by atoms with Crippen LogP contribution in [0.3, 0.4) is 0 Å². The Morgan fingerprint density at radius 1 is 0.875 bits per heavy atom. The Morgan fingerprint density at radius 3 is 2.25 bits per heavy atom. The van der Waals surface area contributed by atoms with E-state index in [0.29, 0.717) is 10.6 Å². The first-order chi connectivity index (χ1) is 11.7. The Labute approximate surface area is 136 Å². The molecule has 0 N–H and O–H groups in total. The summed E-state index contributed by atoms with van der Waals surface area (Å²) in [6, 6.07) is 14.9. The van der Waals surface area contributed by atoms with Crippen LogP contribution in [-0.2, 0) is 4.84 Å². The summed E-state index contributed by atoms with van der Waals surface area (Å²) in [7, 11) is 0. The fourth-order valence-electron chi connectivity index (χ4n) is 2.65. The van der Waals surface area contributed by atoms with Crippen molar-refractivity contribution in [3.8, 4) is 0 Å². The minimum absolute atomic E-state index is 0.185. The summed E-state index contributed by atoms with van der Waals surface area (Å²) in [5.74, 6) is -2.12. The zero-order valence-electron chi connectivity index (χ0n) is 12.3.